The minimum Gasteiger partial charge on any atom is -0.422 e. The van der Waals surface area contributed by atoms with Crippen molar-refractivity contribution in [2.75, 3.05) is 12.3 Å². The van der Waals surface area contributed by atoms with Crippen LogP contribution in [-0.4, -0.2) is 56.3 Å². The molecule has 5 atom stereocenters. The quantitative estimate of drug-likeness (QED) is 0.0808. The maximum Gasteiger partial charge on any atom is 0.351 e. The molecule has 17 heteroatoms. The van der Waals surface area contributed by atoms with Gasteiger partial charge in [0.15, 0.2) is 6.23 Å². The molecule has 2 aromatic carbocycles. The molecule has 1 unspecified atom stereocenters. The van der Waals surface area contributed by atoms with E-state index in [1.807, 2.05) is 0 Å². The normalized spacial score (nSPS) is 20.4. The predicted molar refractivity (Wildman–Crippen MR) is 151 cm³/mol. The van der Waals surface area contributed by atoms with E-state index in [4.69, 9.17) is 34.6 Å². The summed E-state index contributed by atoms with van der Waals surface area (Å²) in [6, 6.07) is 13.0. The fraction of sp³-hybridized carbons (Fsp3) is 0.222. The molecule has 44 heavy (non-hydrogen) atoms. The minimum absolute atomic E-state index is 0.0427. The number of aromatic nitrogens is 2. The summed E-state index contributed by atoms with van der Waals surface area (Å²) in [5, 5.41) is 11.1. The monoisotopic (exact) mass is 628 g/mol. The van der Waals surface area contributed by atoms with E-state index in [1.165, 1.54) is 48.7 Å². The lowest BCUT2D eigenvalue weighted by atomic mass is 10.1. The lowest BCUT2D eigenvalue weighted by Gasteiger charge is -2.19. The van der Waals surface area contributed by atoms with E-state index >= 15 is 0 Å². The van der Waals surface area contributed by atoms with Crippen LogP contribution >= 0.6 is 8.25 Å². The molecule has 1 fully saturated rings. The molecule has 3 heterocycles. The van der Waals surface area contributed by atoms with Crippen LogP contribution in [0.2, 0.25) is 0 Å². The van der Waals surface area contributed by atoms with Crippen molar-refractivity contribution in [3.8, 4) is 5.75 Å². The number of primary amides is 1. The summed E-state index contributed by atoms with van der Waals surface area (Å²) >= 11 is 0. The number of esters is 1. The number of nitrogens with two attached hydrogens (primary N) is 2. The number of anilines is 1. The smallest absolute Gasteiger partial charge is 0.351 e. The van der Waals surface area contributed by atoms with Gasteiger partial charge >= 0.3 is 25.5 Å². The van der Waals surface area contributed by atoms with Gasteiger partial charge in [-0.05, 0) is 42.0 Å². The number of carbonyl (C=O) groups is 2. The van der Waals surface area contributed by atoms with Gasteiger partial charge in [0.2, 0.25) is 0 Å². The van der Waals surface area contributed by atoms with Gasteiger partial charge in [0.05, 0.1) is 18.8 Å². The number of aliphatic hydroxyl groups excluding tert-OH is 1. The number of benzene rings is 2. The number of aliphatic hydroxyl groups is 1. The lowest BCUT2D eigenvalue weighted by molar-refractivity contribution is -0.0697. The first-order chi connectivity index (χ1) is 21.0. The molecule has 1 aliphatic heterocycles. The van der Waals surface area contributed by atoms with Gasteiger partial charge in [0.25, 0.3) is 5.91 Å². The summed E-state index contributed by atoms with van der Waals surface area (Å²) in [5.74, 6) is -2.05. The summed E-state index contributed by atoms with van der Waals surface area (Å²) in [5.41, 5.74) is 9.31. The third-order valence-corrected chi connectivity index (χ3v) is 7.07. The van der Waals surface area contributed by atoms with Crippen LogP contribution in [0.25, 0.3) is 11.0 Å². The Morgan fingerprint density at radius 1 is 1.09 bits per heavy atom. The first kappa shape index (κ1) is 30.7. The molecule has 5 rings (SSSR count). The van der Waals surface area contributed by atoms with Crippen LogP contribution < -0.4 is 27.5 Å². The van der Waals surface area contributed by atoms with E-state index in [0.717, 1.165) is 4.57 Å². The average molecular weight is 628 g/mol. The number of para-hydroxylation sites is 1. The molecule has 16 nitrogen and oxygen atoms in total. The van der Waals surface area contributed by atoms with Gasteiger partial charge in [0, 0.05) is 11.6 Å². The van der Waals surface area contributed by atoms with Crippen LogP contribution in [-0.2, 0) is 25.2 Å². The number of amides is 1. The Morgan fingerprint density at radius 2 is 1.86 bits per heavy atom. The van der Waals surface area contributed by atoms with Crippen LogP contribution in [0.3, 0.4) is 0 Å². The van der Waals surface area contributed by atoms with E-state index in [9.17, 15) is 33.7 Å². The molecule has 6 N–H and O–H groups in total. The van der Waals surface area contributed by atoms with Crippen molar-refractivity contribution >= 4 is 36.9 Å². The number of nitrogens with zero attached hydrogens (tertiary/aromatic N) is 2. The first-order valence-electron chi connectivity index (χ1n) is 12.8. The SMILES string of the molecule is NC(=O)c1ccccc1OC(=O)c1cc2cc(COC[C@H]3O[C@@H](n4ccc(N)nc4=O)[C@H](O)[C@@H]3O[PH](=O)O)ccc2oc1=O. The third-order valence-electron chi connectivity index (χ3n) is 6.59. The molecule has 0 radical (unpaired) electrons. The number of ether oxygens (including phenoxy) is 3. The van der Waals surface area contributed by atoms with Crippen molar-refractivity contribution in [2.24, 2.45) is 5.73 Å². The fourth-order valence-corrected chi connectivity index (χ4v) is 5.10. The van der Waals surface area contributed by atoms with Gasteiger partial charge in [-0.2, -0.15) is 4.98 Å². The highest BCUT2D eigenvalue weighted by Crippen LogP contribution is 2.35. The molecular weight excluding hydrogens is 603 g/mol. The standard InChI is InChI=1S/C27H25N4O12P/c28-20-7-8-31(27(36)30-20)24-21(32)22(43-44(37)38)19(40-24)12-39-11-13-5-6-17-14(9-13)10-16(25(34)41-17)26(35)42-18-4-2-1-3-15(18)23(29)33/h1-10,19,21-22,24,32,44H,11-12H2,(H2,29,33)(H,37,38)(H2,28,30,36)/t19-,21-,22-,24-/m1/s1. The summed E-state index contributed by atoms with van der Waals surface area (Å²) in [6.45, 7) is -0.283. The molecule has 0 aliphatic carbocycles. The van der Waals surface area contributed by atoms with Gasteiger partial charge < -0.3 is 44.6 Å². The Morgan fingerprint density at radius 3 is 2.59 bits per heavy atom. The highest BCUT2D eigenvalue weighted by Gasteiger charge is 2.47. The Kier molecular flexibility index (Phi) is 9.01. The van der Waals surface area contributed by atoms with Crippen LogP contribution in [0.5, 0.6) is 5.75 Å². The van der Waals surface area contributed by atoms with Gasteiger partial charge in [-0.1, -0.05) is 18.2 Å². The maximum absolute atomic E-state index is 12.8. The molecular formula is C27H25N4O12P. The zero-order chi connectivity index (χ0) is 31.5. The zero-order valence-corrected chi connectivity index (χ0v) is 23.5. The van der Waals surface area contributed by atoms with Crippen molar-refractivity contribution < 1.29 is 47.3 Å². The highest BCUT2D eigenvalue weighted by atomic mass is 31.1. The summed E-state index contributed by atoms with van der Waals surface area (Å²) in [7, 11) is -3.51. The Labute approximate surface area is 247 Å². The predicted octanol–water partition coefficient (Wildman–Crippen LogP) is 0.492. The van der Waals surface area contributed by atoms with Crippen molar-refractivity contribution in [3.05, 3.63) is 98.4 Å². The average Bonchev–Trinajstić information content (AvgIpc) is 3.26. The van der Waals surface area contributed by atoms with Crippen molar-refractivity contribution in [2.45, 2.75) is 31.1 Å². The Hall–Kier alpha value is -4.70. The lowest BCUT2D eigenvalue weighted by Crippen LogP contribution is -2.37. The van der Waals surface area contributed by atoms with E-state index in [0.29, 0.717) is 10.9 Å². The molecule has 4 aromatic rings. The largest absolute Gasteiger partial charge is 0.422 e. The van der Waals surface area contributed by atoms with Crippen molar-refractivity contribution in [1.29, 1.82) is 0 Å². The topological polar surface area (TPSA) is 246 Å². The van der Waals surface area contributed by atoms with Gasteiger partial charge in [-0.25, -0.2) is 14.4 Å². The molecule has 2 aromatic heterocycles. The highest BCUT2D eigenvalue weighted by molar-refractivity contribution is 7.32. The number of nitrogen functional groups attached to an aromatic ring is 1. The van der Waals surface area contributed by atoms with Gasteiger partial charge in [0.1, 0.15) is 41.0 Å². The Balaban J connectivity index is 1.30. The van der Waals surface area contributed by atoms with E-state index in [2.05, 4.69) is 4.98 Å². The van der Waals surface area contributed by atoms with Crippen LogP contribution in [0.4, 0.5) is 5.82 Å². The zero-order valence-electron chi connectivity index (χ0n) is 22.5. The van der Waals surface area contributed by atoms with E-state index in [1.54, 1.807) is 12.1 Å². The molecule has 0 spiro atoms. The summed E-state index contributed by atoms with van der Waals surface area (Å²) in [4.78, 5) is 62.1. The second-order valence-corrected chi connectivity index (χ2v) is 10.3. The molecule has 230 valence electrons. The van der Waals surface area contributed by atoms with E-state index in [-0.39, 0.29) is 35.9 Å². The number of hydrogen-bond acceptors (Lipinski definition) is 13. The Bertz CT molecular complexity index is 1880. The number of hydrogen-bond donors (Lipinski definition) is 4. The van der Waals surface area contributed by atoms with Gasteiger partial charge in [-0.15, -0.1) is 0 Å². The molecule has 0 saturated carbocycles. The van der Waals surface area contributed by atoms with Crippen LogP contribution in [0, 0.1) is 0 Å². The molecule has 1 aliphatic rings. The van der Waals surface area contributed by atoms with Crippen LogP contribution in [0.1, 0.15) is 32.5 Å². The third kappa shape index (κ3) is 6.60. The number of carbonyl (C=O) groups excluding carboxylic acids is 2. The summed E-state index contributed by atoms with van der Waals surface area (Å²) < 4.78 is 39.4. The second kappa shape index (κ2) is 12.9. The van der Waals surface area contributed by atoms with Crippen LogP contribution in [0.15, 0.2) is 74.8 Å². The number of rotatable bonds is 10. The number of fused-ring (bicyclic) bond motifs is 1. The molecule has 1 amide bonds. The maximum atomic E-state index is 12.8. The van der Waals surface area contributed by atoms with Crippen molar-refractivity contribution in [3.63, 3.8) is 0 Å². The van der Waals surface area contributed by atoms with Crippen molar-refractivity contribution in [1.82, 2.24) is 9.55 Å². The minimum atomic E-state index is -3.51. The van der Waals surface area contributed by atoms with E-state index < -0.39 is 61.5 Å². The first-order valence-corrected chi connectivity index (χ1v) is 14.1. The van der Waals surface area contributed by atoms with Gasteiger partial charge in [-0.3, -0.25) is 13.9 Å². The molecule has 1 saturated heterocycles. The molecule has 0 bridgehead atoms. The fourth-order valence-electron chi connectivity index (χ4n) is 4.58. The summed E-state index contributed by atoms with van der Waals surface area (Å²) in [6.07, 6.45) is -3.95. The second-order valence-electron chi connectivity index (χ2n) is 9.53.